The normalized spacial score (nSPS) is 18.2. The molecule has 4 nitrogen and oxygen atoms in total. The number of carbonyl (C=O) groups excluding carboxylic acids is 1. The molecule has 6 heteroatoms. The van der Waals surface area contributed by atoms with Crippen molar-refractivity contribution in [2.24, 2.45) is 4.99 Å². The summed E-state index contributed by atoms with van der Waals surface area (Å²) in [5, 5.41) is 1.29. The first-order valence-electron chi connectivity index (χ1n) is 7.14. The van der Waals surface area contributed by atoms with Gasteiger partial charge in [0.1, 0.15) is 0 Å². The van der Waals surface area contributed by atoms with Gasteiger partial charge in [-0.15, -0.1) is 0 Å². The lowest BCUT2D eigenvalue weighted by atomic mass is 10.2. The largest absolute Gasteiger partial charge is 0.287 e. The van der Waals surface area contributed by atoms with Crippen LogP contribution in [0.15, 0.2) is 58.6 Å². The summed E-state index contributed by atoms with van der Waals surface area (Å²) in [6.45, 7) is 2.49. The van der Waals surface area contributed by atoms with Gasteiger partial charge < -0.3 is 0 Å². The van der Waals surface area contributed by atoms with Crippen LogP contribution in [-0.2, 0) is 4.79 Å². The topological polar surface area (TPSA) is 45.6 Å². The number of thioether (sulfide) groups is 1. The molecule has 3 rings (SSSR count). The average Bonchev–Trinajstić information content (AvgIpc) is 2.83. The van der Waals surface area contributed by atoms with Crippen molar-refractivity contribution >= 4 is 46.3 Å². The van der Waals surface area contributed by atoms with Crippen LogP contribution in [0.3, 0.4) is 0 Å². The van der Waals surface area contributed by atoms with Crippen LogP contribution < -0.4 is 0 Å². The maximum absolute atomic E-state index is 12.5. The van der Waals surface area contributed by atoms with Gasteiger partial charge in [0.2, 0.25) is 0 Å². The number of carbonyl (C=O) groups is 1. The minimum Gasteiger partial charge on any atom is -0.287 e. The number of hydrogen-bond acceptors (Lipinski definition) is 4. The van der Waals surface area contributed by atoms with E-state index in [1.165, 1.54) is 11.8 Å². The summed E-state index contributed by atoms with van der Waals surface area (Å²) < 4.78 is 0. The standard InChI is InChI=1S/C17H14ClN3OS/c1-2-21-16(22)14(11-12-6-5-7-13(18)10-12)23-17(21)20-15-8-3-4-9-19-15/h3-11H,2H2,1H3/b14-11-,20-17+. The summed E-state index contributed by atoms with van der Waals surface area (Å²) in [5.41, 5.74) is 0.892. The first-order valence-corrected chi connectivity index (χ1v) is 8.33. The fourth-order valence-electron chi connectivity index (χ4n) is 2.14. The number of halogens is 1. The Hall–Kier alpha value is -2.11. The van der Waals surface area contributed by atoms with Crippen molar-refractivity contribution in [1.82, 2.24) is 9.88 Å². The summed E-state index contributed by atoms with van der Waals surface area (Å²) in [4.78, 5) is 23.5. The van der Waals surface area contributed by atoms with Crippen LogP contribution in [0.4, 0.5) is 5.82 Å². The van der Waals surface area contributed by atoms with E-state index in [-0.39, 0.29) is 5.91 Å². The van der Waals surface area contributed by atoms with Gasteiger partial charge in [-0.1, -0.05) is 29.8 Å². The Morgan fingerprint density at radius 2 is 2.17 bits per heavy atom. The summed E-state index contributed by atoms with van der Waals surface area (Å²) in [6.07, 6.45) is 3.52. The third-order valence-electron chi connectivity index (χ3n) is 3.21. The van der Waals surface area contributed by atoms with Gasteiger partial charge in [-0.3, -0.25) is 9.69 Å². The van der Waals surface area contributed by atoms with E-state index in [0.29, 0.717) is 27.5 Å². The van der Waals surface area contributed by atoms with Gasteiger partial charge in [0.15, 0.2) is 11.0 Å². The Kier molecular flexibility index (Phi) is 4.79. The number of likely N-dealkylation sites (N-methyl/N-ethyl adjacent to an activating group) is 1. The second-order valence-corrected chi connectivity index (χ2v) is 6.24. The third-order valence-corrected chi connectivity index (χ3v) is 4.45. The zero-order valence-corrected chi connectivity index (χ0v) is 14.0. The molecule has 0 saturated carbocycles. The number of hydrogen-bond donors (Lipinski definition) is 0. The number of nitrogens with zero attached hydrogens (tertiary/aromatic N) is 3. The number of amidine groups is 1. The Morgan fingerprint density at radius 1 is 1.30 bits per heavy atom. The molecule has 0 N–H and O–H groups in total. The molecule has 0 aliphatic carbocycles. The van der Waals surface area contributed by atoms with Gasteiger partial charge in [0.05, 0.1) is 4.91 Å². The second kappa shape index (κ2) is 6.98. The van der Waals surface area contributed by atoms with Crippen molar-refractivity contribution in [3.8, 4) is 0 Å². The lowest BCUT2D eigenvalue weighted by Crippen LogP contribution is -2.28. The highest BCUT2D eigenvalue weighted by Crippen LogP contribution is 2.33. The van der Waals surface area contributed by atoms with Crippen LogP contribution >= 0.6 is 23.4 Å². The predicted molar refractivity (Wildman–Crippen MR) is 95.7 cm³/mol. The second-order valence-electron chi connectivity index (χ2n) is 4.80. The number of aromatic nitrogens is 1. The van der Waals surface area contributed by atoms with Crippen molar-refractivity contribution in [2.75, 3.05) is 6.54 Å². The van der Waals surface area contributed by atoms with Gasteiger partial charge in [0, 0.05) is 17.8 Å². The van der Waals surface area contributed by atoms with E-state index >= 15 is 0 Å². The maximum Gasteiger partial charge on any atom is 0.266 e. The number of rotatable bonds is 3. The van der Waals surface area contributed by atoms with Crippen LogP contribution in [0.25, 0.3) is 6.08 Å². The van der Waals surface area contributed by atoms with Crippen molar-refractivity contribution in [3.05, 3.63) is 64.2 Å². The molecule has 1 fully saturated rings. The molecule has 2 aromatic rings. The molecule has 1 amide bonds. The third kappa shape index (κ3) is 3.63. The van der Waals surface area contributed by atoms with E-state index in [0.717, 1.165) is 5.56 Å². The van der Waals surface area contributed by atoms with Crippen LogP contribution in [0, 0.1) is 0 Å². The number of aliphatic imine (C=N–C) groups is 1. The lowest BCUT2D eigenvalue weighted by molar-refractivity contribution is -0.122. The number of pyridine rings is 1. The first-order chi connectivity index (χ1) is 11.2. The maximum atomic E-state index is 12.5. The van der Waals surface area contributed by atoms with Crippen LogP contribution in [0.2, 0.25) is 5.02 Å². The molecular weight excluding hydrogens is 330 g/mol. The highest BCUT2D eigenvalue weighted by Gasteiger charge is 2.32. The van der Waals surface area contributed by atoms with Gasteiger partial charge >= 0.3 is 0 Å². The summed E-state index contributed by atoms with van der Waals surface area (Å²) >= 11 is 7.35. The van der Waals surface area contributed by atoms with Crippen LogP contribution in [0.5, 0.6) is 0 Å². The Bertz CT molecular complexity index is 789. The minimum absolute atomic E-state index is 0.0489. The number of amides is 1. The highest BCUT2D eigenvalue weighted by molar-refractivity contribution is 8.18. The molecule has 1 saturated heterocycles. The van der Waals surface area contributed by atoms with Gasteiger partial charge in [-0.25, -0.2) is 9.98 Å². The monoisotopic (exact) mass is 343 g/mol. The van der Waals surface area contributed by atoms with E-state index in [1.807, 2.05) is 49.4 Å². The van der Waals surface area contributed by atoms with Crippen molar-refractivity contribution < 1.29 is 4.79 Å². The highest BCUT2D eigenvalue weighted by atomic mass is 35.5. The molecule has 1 aliphatic heterocycles. The van der Waals surface area contributed by atoms with Gasteiger partial charge in [-0.05, 0) is 54.6 Å². The fourth-order valence-corrected chi connectivity index (χ4v) is 3.39. The summed E-state index contributed by atoms with van der Waals surface area (Å²) in [7, 11) is 0. The van der Waals surface area contributed by atoms with E-state index in [9.17, 15) is 4.79 Å². The quantitative estimate of drug-likeness (QED) is 0.778. The Balaban J connectivity index is 1.93. The van der Waals surface area contributed by atoms with E-state index in [1.54, 1.807) is 17.2 Å². The molecule has 1 aliphatic rings. The molecule has 0 radical (unpaired) electrons. The molecule has 1 aromatic heterocycles. The minimum atomic E-state index is -0.0489. The molecule has 0 bridgehead atoms. The smallest absolute Gasteiger partial charge is 0.266 e. The van der Waals surface area contributed by atoms with E-state index in [4.69, 9.17) is 11.6 Å². The lowest BCUT2D eigenvalue weighted by Gasteiger charge is -2.11. The van der Waals surface area contributed by atoms with Crippen molar-refractivity contribution in [3.63, 3.8) is 0 Å². The SMILES string of the molecule is CCN1C(=O)/C(=C/c2cccc(Cl)c2)S/C1=N/c1ccccn1. The molecule has 23 heavy (non-hydrogen) atoms. The fraction of sp³-hybridized carbons (Fsp3) is 0.118. The first kappa shape index (κ1) is 15.8. The van der Waals surface area contributed by atoms with Crippen molar-refractivity contribution in [1.29, 1.82) is 0 Å². The van der Waals surface area contributed by atoms with Gasteiger partial charge in [0.25, 0.3) is 5.91 Å². The zero-order chi connectivity index (χ0) is 16.2. The van der Waals surface area contributed by atoms with Crippen LogP contribution in [0.1, 0.15) is 12.5 Å². The Labute approximate surface area is 143 Å². The van der Waals surface area contributed by atoms with Crippen LogP contribution in [-0.4, -0.2) is 27.5 Å². The average molecular weight is 344 g/mol. The Morgan fingerprint density at radius 3 is 2.87 bits per heavy atom. The molecule has 2 heterocycles. The van der Waals surface area contributed by atoms with Gasteiger partial charge in [-0.2, -0.15) is 0 Å². The van der Waals surface area contributed by atoms with E-state index in [2.05, 4.69) is 9.98 Å². The molecular formula is C17H14ClN3OS. The molecule has 0 unspecified atom stereocenters. The summed E-state index contributed by atoms with van der Waals surface area (Å²) in [5.74, 6) is 0.539. The van der Waals surface area contributed by atoms with E-state index < -0.39 is 0 Å². The predicted octanol–water partition coefficient (Wildman–Crippen LogP) is 4.36. The summed E-state index contributed by atoms with van der Waals surface area (Å²) in [6, 6.07) is 12.9. The molecule has 0 atom stereocenters. The van der Waals surface area contributed by atoms with Crippen molar-refractivity contribution in [2.45, 2.75) is 6.92 Å². The molecule has 116 valence electrons. The number of benzene rings is 1. The zero-order valence-electron chi connectivity index (χ0n) is 12.4. The molecule has 0 spiro atoms. The molecule has 1 aromatic carbocycles.